The first-order valence-electron chi connectivity index (χ1n) is 49.5. The summed E-state index contributed by atoms with van der Waals surface area (Å²) in [6, 6.07) is 45.7. The fraction of sp³-hybridized carbons (Fsp3) is 0.545. The molecule has 0 unspecified atom stereocenters. The Morgan fingerprint density at radius 3 is 0.815 bits per heavy atom. The summed E-state index contributed by atoms with van der Waals surface area (Å²) in [6.07, 6.45) is 0. The number of ether oxygens (including phenoxy) is 4. The zero-order valence-electron chi connectivity index (χ0n) is 93.9. The van der Waals surface area contributed by atoms with Crippen molar-refractivity contribution in [2.24, 2.45) is 21.7 Å². The molecule has 4 N–H and O–H groups in total. The van der Waals surface area contributed by atoms with E-state index in [-0.39, 0.29) is 66.0 Å². The molecule has 0 radical (unpaired) electrons. The van der Waals surface area contributed by atoms with Crippen LogP contribution < -0.4 is 40.2 Å². The van der Waals surface area contributed by atoms with Crippen LogP contribution in [0, 0.1) is 153 Å². The molecular formula is C123H178N4O4S4. The van der Waals surface area contributed by atoms with Crippen LogP contribution in [0.3, 0.4) is 0 Å². The van der Waals surface area contributed by atoms with Crippen LogP contribution in [-0.4, -0.2) is 44.3 Å². The Morgan fingerprint density at radius 2 is 0.474 bits per heavy atom. The van der Waals surface area contributed by atoms with E-state index < -0.39 is 22.4 Å². The van der Waals surface area contributed by atoms with Gasteiger partial charge in [-0.05, 0) is 421 Å². The normalized spacial score (nSPS) is 15.0. The van der Waals surface area contributed by atoms with E-state index >= 15 is 0 Å². The first-order valence-corrected chi connectivity index (χ1v) is 52.7. The third-order valence-electron chi connectivity index (χ3n) is 33.0. The van der Waals surface area contributed by atoms with Crippen LogP contribution in [0.5, 0.6) is 23.0 Å². The van der Waals surface area contributed by atoms with Gasteiger partial charge in [-0.25, -0.2) is 0 Å². The van der Waals surface area contributed by atoms with Gasteiger partial charge in [-0.1, -0.05) is 164 Å². The minimum atomic E-state index is -0.563. The molecule has 0 amide bonds. The van der Waals surface area contributed by atoms with Crippen LogP contribution >= 0.6 is 45.3 Å². The standard InChI is InChI=1S/3C31H45NOS.C30H43NOS/c1-19-17-18-25-24(20(19)2)15-14-16-26(25)33-31(13,27-22(4)21(3)23(5)34-27)29(9,10)30(11,12)32-28(6,7)8;1-19-15-14-16-24-25(18-17-20(2)26(19)24)33-31(13,27-22(4)21(3)23(5)34-27)29(9,10)30(11,12)32-28(6,7)8;1-19-18-26(25-17-15-14-16-24(25)20(19)2)33-31(13,27-22(4)21(3)23(5)34-27)29(9,10)30(11,12)32-28(6,7)8;1-19-16-17-24-23(18-19)14-13-15-25(24)32-30(12,26-21(3)20(2)22(4)33-26)28(8,9)29(10,11)31-27(5,6)7/h3*14-18,32H,1-13H3;13-18,31H,1-12H3/t3*31-;30-/m1111/s1. The lowest BCUT2D eigenvalue weighted by molar-refractivity contribution is -0.0829. The first kappa shape index (κ1) is 111. The van der Waals surface area contributed by atoms with Crippen molar-refractivity contribution in [3.8, 4) is 23.0 Å². The van der Waals surface area contributed by atoms with Crippen LogP contribution in [0.25, 0.3) is 43.1 Å². The second kappa shape index (κ2) is 38.9. The smallest absolute Gasteiger partial charge is 0.147 e. The van der Waals surface area contributed by atoms with Gasteiger partial charge in [0, 0.05) is 107 Å². The van der Waals surface area contributed by atoms with E-state index in [0.717, 1.165) is 28.4 Å². The van der Waals surface area contributed by atoms with E-state index in [1.54, 1.807) is 0 Å². The molecule has 0 fully saturated rings. The molecule has 4 heterocycles. The summed E-state index contributed by atoms with van der Waals surface area (Å²) in [5, 5.41) is 25.4. The van der Waals surface area contributed by atoms with Gasteiger partial charge in [-0.3, -0.25) is 0 Å². The zero-order valence-corrected chi connectivity index (χ0v) is 97.2. The van der Waals surface area contributed by atoms with Crippen molar-refractivity contribution in [1.29, 1.82) is 0 Å². The van der Waals surface area contributed by atoms with Gasteiger partial charge in [-0.2, -0.15) is 0 Å². The maximum atomic E-state index is 7.32. The SMILES string of the molecule is Cc1cc(O[C@](C)(c2sc(C)c(C)c2C)C(C)(C)C(C)(C)NC(C)(C)C)c2ccccc2c1C.Cc1ccc2c(O[C@](C)(c3sc(C)c(C)c3C)C(C)(C)C(C)(C)NC(C)(C)C)cccc2c1.Cc1ccc2c(O[C@](C)(c3sc(C)c(C)c3C)C(C)(C)C(C)(C)NC(C)(C)C)cccc2c1C.Cc1sc([C@@](C)(Oc2ccc(C)c3c(C)cccc23)C(C)(C)C(C)(C)NC(C)(C)C)c(C)c1C. The third-order valence-corrected chi connectivity index (χ3v) is 39.1. The molecule has 12 aromatic rings. The summed E-state index contributed by atoms with van der Waals surface area (Å²) >= 11 is 7.54. The molecule has 12 heteroatoms. The predicted octanol–water partition coefficient (Wildman–Crippen LogP) is 35.4. The molecule has 8 nitrogen and oxygen atoms in total. The number of rotatable bonds is 24. The number of aryl methyl sites for hydroxylation is 11. The second-order valence-corrected chi connectivity index (χ2v) is 54.0. The van der Waals surface area contributed by atoms with E-state index in [0.29, 0.717) is 0 Å². The van der Waals surface area contributed by atoms with Crippen molar-refractivity contribution in [2.45, 2.75) is 420 Å². The minimum absolute atomic E-state index is 0.0189. The summed E-state index contributed by atoms with van der Waals surface area (Å²) in [7, 11) is 0. The summed E-state index contributed by atoms with van der Waals surface area (Å²) in [5.41, 5.74) is 15.7. The van der Waals surface area contributed by atoms with Crippen molar-refractivity contribution in [2.75, 3.05) is 0 Å². The summed E-state index contributed by atoms with van der Waals surface area (Å²) in [4.78, 5) is 10.7. The first-order chi connectivity index (χ1) is 61.3. The lowest BCUT2D eigenvalue weighted by Crippen LogP contribution is -2.65. The number of hydrogen-bond donors (Lipinski definition) is 4. The molecule has 8 aromatic carbocycles. The highest BCUT2D eigenvalue weighted by molar-refractivity contribution is 7.13. The van der Waals surface area contributed by atoms with Crippen molar-refractivity contribution < 1.29 is 18.9 Å². The monoisotopic (exact) mass is 1900 g/mol. The van der Waals surface area contributed by atoms with Gasteiger partial charge in [0.15, 0.2) is 0 Å². The molecule has 12 rings (SSSR count). The van der Waals surface area contributed by atoms with Gasteiger partial charge in [0.05, 0.1) is 19.5 Å². The molecule has 0 aliphatic heterocycles. The van der Waals surface area contributed by atoms with Gasteiger partial charge in [-0.15, -0.1) is 45.3 Å². The Hall–Kier alpha value is -7.36. The molecule has 0 bridgehead atoms. The van der Waals surface area contributed by atoms with Gasteiger partial charge in [0.2, 0.25) is 0 Å². The lowest BCUT2D eigenvalue weighted by Gasteiger charge is -2.55. The molecular weight excluding hydrogens is 1730 g/mol. The number of benzene rings is 8. The maximum absolute atomic E-state index is 7.32. The van der Waals surface area contributed by atoms with E-state index in [2.05, 4.69) is 502 Å². The average Bonchev–Trinajstić information content (AvgIpc) is 1.71. The molecule has 0 aliphatic rings. The molecule has 738 valence electrons. The predicted molar refractivity (Wildman–Crippen MR) is 598 cm³/mol. The summed E-state index contributed by atoms with van der Waals surface area (Å²) < 4.78 is 29.1. The van der Waals surface area contributed by atoms with Gasteiger partial charge >= 0.3 is 0 Å². The highest BCUT2D eigenvalue weighted by atomic mass is 32.1. The Morgan fingerprint density at radius 1 is 0.207 bits per heavy atom. The van der Waals surface area contributed by atoms with Crippen LogP contribution in [0.1, 0.15) is 344 Å². The summed E-state index contributed by atoms with van der Waals surface area (Å²) in [5.74, 6) is 3.81. The minimum Gasteiger partial charge on any atom is -0.481 e. The maximum Gasteiger partial charge on any atom is 0.147 e. The Balaban J connectivity index is 0.000000202. The molecule has 4 atom stereocenters. The molecule has 0 saturated heterocycles. The van der Waals surface area contributed by atoms with Crippen molar-refractivity contribution in [1.82, 2.24) is 21.3 Å². The molecule has 4 aromatic heterocycles. The Labute approximate surface area is 836 Å². The number of nitrogens with one attached hydrogen (secondary N) is 4. The van der Waals surface area contributed by atoms with Crippen LogP contribution in [0.4, 0.5) is 0 Å². The van der Waals surface area contributed by atoms with Crippen molar-refractivity contribution in [3.63, 3.8) is 0 Å². The average molecular weight is 1910 g/mol. The highest BCUT2D eigenvalue weighted by Crippen LogP contribution is 2.60. The number of hydrogen-bond acceptors (Lipinski definition) is 12. The van der Waals surface area contributed by atoms with Gasteiger partial charge in [0.25, 0.3) is 0 Å². The molecule has 0 aliphatic carbocycles. The Kier molecular flexibility index (Phi) is 32.1. The summed E-state index contributed by atoms with van der Waals surface area (Å²) in [6.45, 7) is 116. The lowest BCUT2D eigenvalue weighted by atomic mass is 9.62. The van der Waals surface area contributed by atoms with E-state index in [1.165, 1.54) is 160 Å². The van der Waals surface area contributed by atoms with Crippen molar-refractivity contribution >= 4 is 88.4 Å². The Bertz CT molecular complexity index is 6280. The fourth-order valence-corrected chi connectivity index (χ4v) is 26.6. The number of thiophene rings is 4. The van der Waals surface area contributed by atoms with E-state index in [9.17, 15) is 0 Å². The van der Waals surface area contributed by atoms with Crippen LogP contribution in [-0.2, 0) is 22.4 Å². The number of fused-ring (bicyclic) bond motifs is 4. The third kappa shape index (κ3) is 21.8. The highest BCUT2D eigenvalue weighted by Gasteiger charge is 2.61. The van der Waals surface area contributed by atoms with E-state index in [4.69, 9.17) is 18.9 Å². The molecule has 0 spiro atoms. The van der Waals surface area contributed by atoms with Crippen LogP contribution in [0.2, 0.25) is 0 Å². The van der Waals surface area contributed by atoms with Gasteiger partial charge < -0.3 is 40.2 Å². The van der Waals surface area contributed by atoms with E-state index in [1.807, 2.05) is 45.3 Å². The zero-order chi connectivity index (χ0) is 103. The van der Waals surface area contributed by atoms with Crippen molar-refractivity contribution in [3.05, 3.63) is 250 Å². The van der Waals surface area contributed by atoms with Crippen LogP contribution in [0.15, 0.2) is 127 Å². The van der Waals surface area contributed by atoms with Gasteiger partial charge in [0.1, 0.15) is 45.4 Å². The topological polar surface area (TPSA) is 85.0 Å². The molecule has 135 heavy (non-hydrogen) atoms. The second-order valence-electron chi connectivity index (χ2n) is 49.1. The quantitative estimate of drug-likeness (QED) is 0.0476. The molecule has 0 saturated carbocycles. The largest absolute Gasteiger partial charge is 0.481 e. The fourth-order valence-electron chi connectivity index (χ4n) is 21.0.